The van der Waals surface area contributed by atoms with Crippen molar-refractivity contribution in [3.05, 3.63) is 52.6 Å². The van der Waals surface area contributed by atoms with Crippen molar-refractivity contribution in [1.82, 2.24) is 0 Å². The Morgan fingerprint density at radius 3 is 1.67 bits per heavy atom. The van der Waals surface area contributed by atoms with Gasteiger partial charge >= 0.3 is 12.2 Å². The SMILES string of the molecule is CCCCCC1CCC(C(F)(F)Oc2cc(F)c(C(F)(F)Oc3cc(C(C)(C)C)c(O)c(C(C)(C)C)c3)c(F)c2)CC1. The molecule has 1 fully saturated rings. The van der Waals surface area contributed by atoms with Gasteiger partial charge in [0.25, 0.3) is 0 Å². The van der Waals surface area contributed by atoms with Crippen LogP contribution in [0, 0.1) is 23.5 Å². The molecule has 0 spiro atoms. The number of hydrogen-bond acceptors (Lipinski definition) is 3. The molecule has 0 atom stereocenters. The molecule has 0 saturated heterocycles. The molecule has 2 aromatic rings. The monoisotopic (exact) mass is 602 g/mol. The lowest BCUT2D eigenvalue weighted by Crippen LogP contribution is -2.37. The third-order valence-electron chi connectivity index (χ3n) is 8.04. The molecule has 1 aliphatic carbocycles. The van der Waals surface area contributed by atoms with Gasteiger partial charge in [-0.3, -0.25) is 0 Å². The summed E-state index contributed by atoms with van der Waals surface area (Å²) in [5, 5.41) is 10.8. The van der Waals surface area contributed by atoms with Gasteiger partial charge in [0.2, 0.25) is 0 Å². The van der Waals surface area contributed by atoms with Crippen LogP contribution < -0.4 is 9.47 Å². The lowest BCUT2D eigenvalue weighted by Gasteiger charge is -2.33. The first-order valence-electron chi connectivity index (χ1n) is 14.8. The van der Waals surface area contributed by atoms with Gasteiger partial charge in [0.05, 0.1) is 5.92 Å². The van der Waals surface area contributed by atoms with E-state index in [0.717, 1.165) is 25.7 Å². The average Bonchev–Trinajstić information content (AvgIpc) is 2.83. The Morgan fingerprint density at radius 2 is 1.21 bits per heavy atom. The van der Waals surface area contributed by atoms with Gasteiger partial charge in [-0.15, -0.1) is 0 Å². The number of rotatable bonds is 10. The van der Waals surface area contributed by atoms with Crippen LogP contribution in [0.2, 0.25) is 0 Å². The second kappa shape index (κ2) is 12.6. The molecular weight excluding hydrogens is 558 g/mol. The second-order valence-corrected chi connectivity index (χ2v) is 13.6. The number of halogens is 6. The van der Waals surface area contributed by atoms with Crippen LogP contribution in [-0.2, 0) is 16.9 Å². The number of phenols is 1. The minimum Gasteiger partial charge on any atom is -0.507 e. The fraction of sp³-hybridized carbons (Fsp3) is 0.636. The Hall–Kier alpha value is -2.58. The minimum absolute atomic E-state index is 0.0876. The smallest absolute Gasteiger partial charge is 0.432 e. The van der Waals surface area contributed by atoms with Gasteiger partial charge in [0.1, 0.15) is 34.4 Å². The van der Waals surface area contributed by atoms with Gasteiger partial charge in [0, 0.05) is 23.3 Å². The molecule has 3 nitrogen and oxygen atoms in total. The summed E-state index contributed by atoms with van der Waals surface area (Å²) in [6.07, 6.45) is -2.36. The van der Waals surface area contributed by atoms with E-state index in [1.165, 1.54) is 12.1 Å². The first-order valence-corrected chi connectivity index (χ1v) is 14.8. The number of ether oxygens (including phenoxy) is 2. The van der Waals surface area contributed by atoms with Crippen LogP contribution in [0.1, 0.15) is 117 Å². The zero-order chi connectivity index (χ0) is 31.7. The fourth-order valence-electron chi connectivity index (χ4n) is 5.61. The molecule has 0 heterocycles. The molecule has 0 amide bonds. The summed E-state index contributed by atoms with van der Waals surface area (Å²) < 4.78 is 99.9. The number of benzene rings is 2. The minimum atomic E-state index is -4.51. The zero-order valence-corrected chi connectivity index (χ0v) is 25.7. The van der Waals surface area contributed by atoms with E-state index in [2.05, 4.69) is 6.92 Å². The fourth-order valence-corrected chi connectivity index (χ4v) is 5.61. The normalized spacial score (nSPS) is 18.7. The van der Waals surface area contributed by atoms with Crippen molar-refractivity contribution >= 4 is 0 Å². The molecule has 3 rings (SSSR count). The maximum atomic E-state index is 15.3. The molecule has 0 aliphatic heterocycles. The van der Waals surface area contributed by atoms with E-state index in [4.69, 9.17) is 9.47 Å². The highest BCUT2D eigenvalue weighted by molar-refractivity contribution is 5.52. The molecule has 1 saturated carbocycles. The second-order valence-electron chi connectivity index (χ2n) is 13.6. The predicted octanol–water partition coefficient (Wildman–Crippen LogP) is 10.8. The number of hydrogen-bond donors (Lipinski definition) is 1. The van der Waals surface area contributed by atoms with Crippen molar-refractivity contribution in [3.8, 4) is 17.2 Å². The van der Waals surface area contributed by atoms with Gasteiger partial charge in [-0.2, -0.15) is 17.6 Å². The van der Waals surface area contributed by atoms with E-state index in [1.54, 1.807) is 41.5 Å². The van der Waals surface area contributed by atoms with Crippen LogP contribution in [0.3, 0.4) is 0 Å². The lowest BCUT2D eigenvalue weighted by molar-refractivity contribution is -0.223. The van der Waals surface area contributed by atoms with Gasteiger partial charge in [-0.1, -0.05) is 74.1 Å². The molecule has 0 radical (unpaired) electrons. The Morgan fingerprint density at radius 1 is 0.738 bits per heavy atom. The van der Waals surface area contributed by atoms with Gasteiger partial charge in [0.15, 0.2) is 0 Å². The van der Waals surface area contributed by atoms with Crippen LogP contribution in [0.4, 0.5) is 26.3 Å². The molecule has 0 unspecified atom stereocenters. The Balaban J connectivity index is 1.82. The Bertz CT molecular complexity index is 1160. The molecule has 9 heteroatoms. The average molecular weight is 603 g/mol. The third kappa shape index (κ3) is 8.07. The van der Waals surface area contributed by atoms with Crippen molar-refractivity contribution in [2.75, 3.05) is 0 Å². The topological polar surface area (TPSA) is 38.7 Å². The summed E-state index contributed by atoms with van der Waals surface area (Å²) in [4.78, 5) is 0. The van der Waals surface area contributed by atoms with Crippen molar-refractivity contribution in [3.63, 3.8) is 0 Å². The van der Waals surface area contributed by atoms with Crippen molar-refractivity contribution in [1.29, 1.82) is 0 Å². The van der Waals surface area contributed by atoms with Crippen LogP contribution in [0.25, 0.3) is 0 Å². The van der Waals surface area contributed by atoms with Gasteiger partial charge < -0.3 is 14.6 Å². The van der Waals surface area contributed by atoms with Crippen LogP contribution in [0.15, 0.2) is 24.3 Å². The zero-order valence-electron chi connectivity index (χ0n) is 25.7. The first-order chi connectivity index (χ1) is 19.3. The van der Waals surface area contributed by atoms with Gasteiger partial charge in [-0.25, -0.2) is 8.78 Å². The maximum absolute atomic E-state index is 15.3. The highest BCUT2D eigenvalue weighted by Gasteiger charge is 2.46. The summed E-state index contributed by atoms with van der Waals surface area (Å²) in [5.74, 6) is -5.72. The first kappa shape index (κ1) is 33.9. The highest BCUT2D eigenvalue weighted by atomic mass is 19.3. The lowest BCUT2D eigenvalue weighted by atomic mass is 9.79. The van der Waals surface area contributed by atoms with Crippen LogP contribution >= 0.6 is 0 Å². The van der Waals surface area contributed by atoms with E-state index in [-0.39, 0.29) is 18.6 Å². The van der Waals surface area contributed by atoms with E-state index in [1.807, 2.05) is 0 Å². The quantitative estimate of drug-likeness (QED) is 0.217. The number of phenolic OH excluding ortho intramolecular Hbond substituents is 1. The number of aromatic hydroxyl groups is 1. The predicted molar refractivity (Wildman–Crippen MR) is 152 cm³/mol. The summed E-state index contributed by atoms with van der Waals surface area (Å²) in [6.45, 7) is 12.7. The maximum Gasteiger partial charge on any atom is 0.432 e. The largest absolute Gasteiger partial charge is 0.507 e. The highest BCUT2D eigenvalue weighted by Crippen LogP contribution is 2.45. The number of alkyl halides is 4. The molecule has 1 aliphatic rings. The Labute approximate surface area is 245 Å². The molecular formula is C33H44F6O3. The molecule has 2 aromatic carbocycles. The van der Waals surface area contributed by atoms with Crippen molar-refractivity contribution in [2.45, 2.75) is 123 Å². The van der Waals surface area contributed by atoms with E-state index in [0.29, 0.717) is 42.0 Å². The third-order valence-corrected chi connectivity index (χ3v) is 8.04. The van der Waals surface area contributed by atoms with E-state index >= 15 is 8.78 Å². The number of unbranched alkanes of at least 4 members (excludes halogenated alkanes) is 2. The van der Waals surface area contributed by atoms with Gasteiger partial charge in [-0.05, 0) is 54.6 Å². The summed E-state index contributed by atoms with van der Waals surface area (Å²) in [6, 6.07) is 3.06. The summed E-state index contributed by atoms with van der Waals surface area (Å²) in [5.41, 5.74) is -2.46. The standard InChI is InChI=1S/C33H44F6O3/c1-8-9-10-11-20-12-14-21(15-13-20)32(36,37)41-23-18-26(34)28(27(35)19-23)33(38,39)42-22-16-24(30(2,3)4)29(40)25(17-22)31(5,6)7/h16-21,40H,8-15H2,1-7H3. The van der Waals surface area contributed by atoms with Crippen molar-refractivity contribution < 1.29 is 40.9 Å². The van der Waals surface area contributed by atoms with E-state index in [9.17, 15) is 22.7 Å². The molecule has 0 aromatic heterocycles. The molecule has 0 bridgehead atoms. The summed E-state index contributed by atoms with van der Waals surface area (Å²) >= 11 is 0. The van der Waals surface area contributed by atoms with Crippen molar-refractivity contribution in [2.24, 2.45) is 11.8 Å². The summed E-state index contributed by atoms with van der Waals surface area (Å²) in [7, 11) is 0. The Kier molecular flexibility index (Phi) is 10.2. The van der Waals surface area contributed by atoms with E-state index < -0.39 is 57.7 Å². The molecule has 1 N–H and O–H groups in total. The molecule has 42 heavy (non-hydrogen) atoms. The van der Waals surface area contributed by atoms with Crippen LogP contribution in [-0.4, -0.2) is 11.2 Å². The van der Waals surface area contributed by atoms with Crippen LogP contribution in [0.5, 0.6) is 17.2 Å². The molecule has 236 valence electrons.